The van der Waals surface area contributed by atoms with Gasteiger partial charge in [-0.3, -0.25) is 4.79 Å². The number of nitrogens with one attached hydrogen (secondary N) is 1. The Labute approximate surface area is 122 Å². The Bertz CT molecular complexity index is 514. The summed E-state index contributed by atoms with van der Waals surface area (Å²) in [4.78, 5) is 21.6. The van der Waals surface area contributed by atoms with Crippen molar-refractivity contribution in [3.05, 3.63) is 40.4 Å². The Balaban J connectivity index is 2.32. The second-order valence-electron chi connectivity index (χ2n) is 4.08. The van der Waals surface area contributed by atoms with Gasteiger partial charge in [0.2, 0.25) is 5.91 Å². The largest absolute Gasteiger partial charge is 0.480 e. The lowest BCUT2D eigenvalue weighted by Crippen LogP contribution is -2.26. The van der Waals surface area contributed by atoms with Gasteiger partial charge < -0.3 is 15.2 Å². The molecule has 0 aliphatic rings. The molecular formula is C14H16ClNO4. The number of halogens is 1. The summed E-state index contributed by atoms with van der Waals surface area (Å²) in [6.45, 7) is 1.95. The Kier molecular flexibility index (Phi) is 6.76. The summed E-state index contributed by atoms with van der Waals surface area (Å²) in [5, 5.41) is 11.6. The molecule has 0 aromatic heterocycles. The molecule has 108 valence electrons. The molecule has 0 saturated heterocycles. The van der Waals surface area contributed by atoms with Crippen LogP contribution in [0.25, 0.3) is 6.08 Å². The van der Waals surface area contributed by atoms with Gasteiger partial charge in [0.15, 0.2) is 0 Å². The number of carbonyl (C=O) groups is 2. The minimum Gasteiger partial charge on any atom is -0.480 e. The van der Waals surface area contributed by atoms with E-state index in [1.807, 2.05) is 19.1 Å². The molecule has 6 heteroatoms. The van der Waals surface area contributed by atoms with Crippen molar-refractivity contribution in [3.8, 4) is 0 Å². The van der Waals surface area contributed by atoms with Crippen LogP contribution in [0.2, 0.25) is 5.02 Å². The number of rotatable bonds is 7. The van der Waals surface area contributed by atoms with Gasteiger partial charge in [0, 0.05) is 17.6 Å². The zero-order valence-corrected chi connectivity index (χ0v) is 11.8. The first-order valence-electron chi connectivity index (χ1n) is 6.00. The molecule has 5 nitrogen and oxygen atoms in total. The zero-order valence-electron chi connectivity index (χ0n) is 11.1. The summed E-state index contributed by atoms with van der Waals surface area (Å²) in [7, 11) is 0. The lowest BCUT2D eigenvalue weighted by Gasteiger charge is -2.02. The van der Waals surface area contributed by atoms with Crippen LogP contribution in [0.15, 0.2) is 24.3 Å². The molecule has 0 bridgehead atoms. The van der Waals surface area contributed by atoms with E-state index < -0.39 is 5.97 Å². The second-order valence-corrected chi connectivity index (χ2v) is 4.49. The molecule has 0 fully saturated rings. The van der Waals surface area contributed by atoms with Crippen LogP contribution in [0.3, 0.4) is 0 Å². The molecule has 1 aromatic rings. The van der Waals surface area contributed by atoms with Gasteiger partial charge in [-0.25, -0.2) is 4.79 Å². The lowest BCUT2D eigenvalue weighted by molar-refractivity contribution is -0.142. The van der Waals surface area contributed by atoms with Crippen molar-refractivity contribution >= 4 is 29.6 Å². The van der Waals surface area contributed by atoms with E-state index in [0.717, 1.165) is 11.1 Å². The highest BCUT2D eigenvalue weighted by atomic mass is 35.5. The van der Waals surface area contributed by atoms with E-state index in [0.29, 0.717) is 5.02 Å². The fourth-order valence-corrected chi connectivity index (χ4v) is 1.54. The van der Waals surface area contributed by atoms with Gasteiger partial charge in [0.05, 0.1) is 6.61 Å². The van der Waals surface area contributed by atoms with E-state index >= 15 is 0 Å². The van der Waals surface area contributed by atoms with Gasteiger partial charge >= 0.3 is 5.97 Å². The Hall–Kier alpha value is -1.85. The molecule has 0 unspecified atom stereocenters. The van der Waals surface area contributed by atoms with E-state index in [-0.39, 0.29) is 25.7 Å². The number of aliphatic carboxylic acids is 1. The van der Waals surface area contributed by atoms with Crippen molar-refractivity contribution in [1.82, 2.24) is 5.32 Å². The van der Waals surface area contributed by atoms with Crippen molar-refractivity contribution in [3.63, 3.8) is 0 Å². The van der Waals surface area contributed by atoms with Crippen LogP contribution in [0.1, 0.15) is 11.1 Å². The predicted molar refractivity (Wildman–Crippen MR) is 76.7 cm³/mol. The van der Waals surface area contributed by atoms with Gasteiger partial charge in [0.1, 0.15) is 6.61 Å². The first-order chi connectivity index (χ1) is 9.49. The number of amides is 1. The first-order valence-corrected chi connectivity index (χ1v) is 6.38. The van der Waals surface area contributed by atoms with Crippen LogP contribution in [-0.4, -0.2) is 36.7 Å². The summed E-state index contributed by atoms with van der Waals surface area (Å²) in [5.41, 5.74) is 1.81. The van der Waals surface area contributed by atoms with Crippen LogP contribution in [0.5, 0.6) is 0 Å². The van der Waals surface area contributed by atoms with Crippen LogP contribution in [0, 0.1) is 6.92 Å². The molecule has 0 atom stereocenters. The fraction of sp³-hybridized carbons (Fsp3) is 0.286. The standard InChI is InChI=1S/C14H16ClNO4/c1-10-2-3-11(8-12(10)15)4-5-13(17)16-6-7-20-9-14(18)19/h2-5,8H,6-7,9H2,1H3,(H,16,17)(H,18,19). The summed E-state index contributed by atoms with van der Waals surface area (Å²) in [6.07, 6.45) is 3.04. The maximum absolute atomic E-state index is 11.5. The minimum absolute atomic E-state index is 0.155. The highest BCUT2D eigenvalue weighted by molar-refractivity contribution is 6.31. The number of carbonyl (C=O) groups excluding carboxylic acids is 1. The number of hydrogen-bond acceptors (Lipinski definition) is 3. The number of carboxylic acid groups (broad SMARTS) is 1. The fourth-order valence-electron chi connectivity index (χ4n) is 1.35. The molecule has 0 aliphatic heterocycles. The maximum Gasteiger partial charge on any atom is 0.329 e. The highest BCUT2D eigenvalue weighted by Gasteiger charge is 1.99. The molecular weight excluding hydrogens is 282 g/mol. The maximum atomic E-state index is 11.5. The minimum atomic E-state index is -1.03. The topological polar surface area (TPSA) is 75.6 Å². The number of ether oxygens (including phenoxy) is 1. The Morgan fingerprint density at radius 1 is 1.45 bits per heavy atom. The molecule has 0 radical (unpaired) electrons. The monoisotopic (exact) mass is 297 g/mol. The molecule has 1 amide bonds. The molecule has 1 aromatic carbocycles. The molecule has 0 heterocycles. The van der Waals surface area contributed by atoms with Gasteiger partial charge in [-0.2, -0.15) is 0 Å². The van der Waals surface area contributed by atoms with Gasteiger partial charge in [-0.05, 0) is 30.2 Å². The van der Waals surface area contributed by atoms with Gasteiger partial charge in [0.25, 0.3) is 0 Å². The second kappa shape index (κ2) is 8.35. The number of aryl methyl sites for hydroxylation is 1. The van der Waals surface area contributed by atoms with Crippen molar-refractivity contribution in [2.45, 2.75) is 6.92 Å². The Morgan fingerprint density at radius 3 is 2.85 bits per heavy atom. The summed E-state index contributed by atoms with van der Waals surface area (Å²) >= 11 is 5.97. The van der Waals surface area contributed by atoms with Gasteiger partial charge in [-0.1, -0.05) is 23.7 Å². The number of carboxylic acids is 1. The smallest absolute Gasteiger partial charge is 0.329 e. The third kappa shape index (κ3) is 6.36. The van der Waals surface area contributed by atoms with E-state index in [9.17, 15) is 9.59 Å². The molecule has 0 saturated carbocycles. The van der Waals surface area contributed by atoms with Crippen LogP contribution < -0.4 is 5.32 Å². The third-order valence-corrected chi connectivity index (χ3v) is 2.80. The summed E-state index contributed by atoms with van der Waals surface area (Å²) < 4.78 is 4.78. The predicted octanol–water partition coefficient (Wildman–Crippen LogP) is 1.88. The van der Waals surface area contributed by atoms with Gasteiger partial charge in [-0.15, -0.1) is 0 Å². The van der Waals surface area contributed by atoms with Crippen molar-refractivity contribution in [1.29, 1.82) is 0 Å². The van der Waals surface area contributed by atoms with Crippen LogP contribution in [0.4, 0.5) is 0 Å². The van der Waals surface area contributed by atoms with E-state index in [1.54, 1.807) is 12.1 Å². The molecule has 0 spiro atoms. The molecule has 0 aliphatic carbocycles. The SMILES string of the molecule is Cc1ccc(C=CC(=O)NCCOCC(=O)O)cc1Cl. The summed E-state index contributed by atoms with van der Waals surface area (Å²) in [6, 6.07) is 5.51. The lowest BCUT2D eigenvalue weighted by atomic mass is 10.1. The van der Waals surface area contributed by atoms with Crippen molar-refractivity contribution in [2.75, 3.05) is 19.8 Å². The average Bonchev–Trinajstić information content (AvgIpc) is 2.39. The quantitative estimate of drug-likeness (QED) is 0.595. The summed E-state index contributed by atoms with van der Waals surface area (Å²) in [5.74, 6) is -1.31. The van der Waals surface area contributed by atoms with Crippen LogP contribution in [-0.2, 0) is 14.3 Å². The van der Waals surface area contributed by atoms with Crippen molar-refractivity contribution in [2.24, 2.45) is 0 Å². The first kappa shape index (κ1) is 16.2. The molecule has 1 rings (SSSR count). The third-order valence-electron chi connectivity index (χ3n) is 2.39. The van der Waals surface area contributed by atoms with E-state index in [4.69, 9.17) is 21.4 Å². The molecule has 20 heavy (non-hydrogen) atoms. The number of benzene rings is 1. The van der Waals surface area contributed by atoms with Crippen LogP contribution >= 0.6 is 11.6 Å². The number of hydrogen-bond donors (Lipinski definition) is 2. The van der Waals surface area contributed by atoms with E-state index in [2.05, 4.69) is 5.32 Å². The zero-order chi connectivity index (χ0) is 15.0. The van der Waals surface area contributed by atoms with Crippen molar-refractivity contribution < 1.29 is 19.4 Å². The normalized spacial score (nSPS) is 10.7. The van der Waals surface area contributed by atoms with E-state index in [1.165, 1.54) is 6.08 Å². The molecule has 2 N–H and O–H groups in total. The average molecular weight is 298 g/mol. The Morgan fingerprint density at radius 2 is 2.20 bits per heavy atom. The highest BCUT2D eigenvalue weighted by Crippen LogP contribution is 2.17.